The number of hydrogen-bond donors (Lipinski definition) is 0. The highest BCUT2D eigenvalue weighted by atomic mass is 32.2. The van der Waals surface area contributed by atoms with Crippen LogP contribution >= 0.6 is 11.8 Å². The fraction of sp³-hybridized carbons (Fsp3) is 0.364. The lowest BCUT2D eigenvalue weighted by molar-refractivity contribution is 0.307. The lowest BCUT2D eigenvalue weighted by atomic mass is 10.2. The van der Waals surface area contributed by atoms with E-state index in [0.29, 0.717) is 42.0 Å². The van der Waals surface area contributed by atoms with Crippen LogP contribution in [0.5, 0.6) is 11.6 Å². The van der Waals surface area contributed by atoms with E-state index in [1.165, 1.54) is 27.5 Å². The van der Waals surface area contributed by atoms with Crippen molar-refractivity contribution >= 4 is 27.8 Å². The second-order valence-electron chi connectivity index (χ2n) is 7.46. The zero-order valence-electron chi connectivity index (χ0n) is 19.0. The molecule has 3 aromatic rings. The number of aryl methyl sites for hydroxylation is 1. The molecule has 3 heterocycles. The van der Waals surface area contributed by atoms with Gasteiger partial charge in [0, 0.05) is 49.9 Å². The maximum atomic E-state index is 13.5. The van der Waals surface area contributed by atoms with Crippen LogP contribution in [0.15, 0.2) is 54.1 Å². The molecule has 34 heavy (non-hydrogen) atoms. The van der Waals surface area contributed by atoms with Gasteiger partial charge in [-0.3, -0.25) is 9.97 Å². The third-order valence-electron chi connectivity index (χ3n) is 5.24. The largest absolute Gasteiger partial charge is 0.497 e. The summed E-state index contributed by atoms with van der Waals surface area (Å²) < 4.78 is 40.3. The van der Waals surface area contributed by atoms with E-state index in [9.17, 15) is 8.42 Å². The Bertz CT molecular complexity index is 1190. The minimum absolute atomic E-state index is 0.118. The van der Waals surface area contributed by atoms with Crippen LogP contribution in [0.3, 0.4) is 0 Å². The molecule has 0 aliphatic carbocycles. The molecule has 0 bridgehead atoms. The molecule has 1 aromatic carbocycles. The highest BCUT2D eigenvalue weighted by molar-refractivity contribution is 7.99. The van der Waals surface area contributed by atoms with E-state index in [-0.39, 0.29) is 12.4 Å². The fourth-order valence-corrected chi connectivity index (χ4v) is 5.68. The molecule has 1 aliphatic heterocycles. The first-order chi connectivity index (χ1) is 16.5. The van der Waals surface area contributed by atoms with E-state index >= 15 is 0 Å². The van der Waals surface area contributed by atoms with Crippen molar-refractivity contribution in [2.45, 2.75) is 24.5 Å². The lowest BCUT2D eigenvalue weighted by Crippen LogP contribution is -2.50. The van der Waals surface area contributed by atoms with E-state index in [1.54, 1.807) is 43.9 Å². The van der Waals surface area contributed by atoms with Gasteiger partial charge in [0.1, 0.15) is 5.75 Å². The summed E-state index contributed by atoms with van der Waals surface area (Å²) in [6.45, 7) is 1.10. The van der Waals surface area contributed by atoms with Crippen LogP contribution in [0.25, 0.3) is 0 Å². The predicted molar refractivity (Wildman–Crippen MR) is 129 cm³/mol. The maximum absolute atomic E-state index is 13.5. The molecule has 2 aromatic heterocycles. The molecule has 1 aliphatic rings. The quantitative estimate of drug-likeness (QED) is 0.288. The molecule has 0 atom stereocenters. The zero-order valence-corrected chi connectivity index (χ0v) is 20.6. The molecular weight excluding hydrogens is 476 g/mol. The van der Waals surface area contributed by atoms with Crippen molar-refractivity contribution in [3.63, 3.8) is 0 Å². The van der Waals surface area contributed by atoms with Gasteiger partial charge in [0.05, 0.1) is 26.5 Å². The van der Waals surface area contributed by atoms with Crippen molar-refractivity contribution in [3.05, 3.63) is 60.2 Å². The maximum Gasteiger partial charge on any atom is 0.305 e. The molecule has 1 saturated heterocycles. The van der Waals surface area contributed by atoms with Crippen LogP contribution in [0.2, 0.25) is 0 Å². The molecule has 0 radical (unpaired) electrons. The molecule has 0 N–H and O–H groups in total. The average molecular weight is 503 g/mol. The summed E-state index contributed by atoms with van der Waals surface area (Å²) in [5.41, 5.74) is 1.67. The molecule has 10 nitrogen and oxygen atoms in total. The Kier molecular flexibility index (Phi) is 7.80. The Balaban J connectivity index is 1.61. The van der Waals surface area contributed by atoms with Crippen LogP contribution in [-0.2, 0) is 23.2 Å². The second-order valence-corrected chi connectivity index (χ2v) is 10.4. The normalized spacial score (nSPS) is 13.8. The van der Waals surface area contributed by atoms with Gasteiger partial charge in [-0.2, -0.15) is 17.7 Å². The number of aromatic nitrogens is 4. The van der Waals surface area contributed by atoms with Gasteiger partial charge in [-0.05, 0) is 24.1 Å². The SMILES string of the molecule is COc1ccc(CN(c2cc(OC)nc(SCCc3cnccn3)n2)S(=O)(=O)N2CCC2)cc1. The number of hydrogen-bond acceptors (Lipinski definition) is 9. The van der Waals surface area contributed by atoms with Gasteiger partial charge >= 0.3 is 10.2 Å². The molecule has 1 fully saturated rings. The molecule has 180 valence electrons. The number of methoxy groups -OCH3 is 2. The summed E-state index contributed by atoms with van der Waals surface area (Å²) in [6, 6.07) is 8.84. The van der Waals surface area contributed by atoms with Crippen LogP contribution in [-0.4, -0.2) is 65.7 Å². The van der Waals surface area contributed by atoms with Gasteiger partial charge in [0.2, 0.25) is 5.88 Å². The smallest absolute Gasteiger partial charge is 0.305 e. The van der Waals surface area contributed by atoms with Gasteiger partial charge in [-0.15, -0.1) is 0 Å². The highest BCUT2D eigenvalue weighted by Crippen LogP contribution is 2.29. The van der Waals surface area contributed by atoms with Crippen molar-refractivity contribution in [2.24, 2.45) is 0 Å². The number of thioether (sulfide) groups is 1. The van der Waals surface area contributed by atoms with Crippen LogP contribution in [0.4, 0.5) is 5.82 Å². The summed E-state index contributed by atoms with van der Waals surface area (Å²) in [5.74, 6) is 1.91. The Morgan fingerprint density at radius 3 is 2.50 bits per heavy atom. The Morgan fingerprint density at radius 1 is 1.09 bits per heavy atom. The minimum Gasteiger partial charge on any atom is -0.497 e. The van der Waals surface area contributed by atoms with Crippen molar-refractivity contribution in [3.8, 4) is 11.6 Å². The van der Waals surface area contributed by atoms with Gasteiger partial charge in [-0.25, -0.2) is 9.29 Å². The predicted octanol–water partition coefficient (Wildman–Crippen LogP) is 2.58. The molecule has 0 amide bonds. The first kappa shape index (κ1) is 24.2. The van der Waals surface area contributed by atoms with Gasteiger partial charge in [0.25, 0.3) is 0 Å². The van der Waals surface area contributed by atoms with Gasteiger partial charge < -0.3 is 9.47 Å². The van der Waals surface area contributed by atoms with Crippen LogP contribution in [0, 0.1) is 0 Å². The van der Waals surface area contributed by atoms with E-state index in [4.69, 9.17) is 9.47 Å². The molecular formula is C22H26N6O4S2. The van der Waals surface area contributed by atoms with E-state index < -0.39 is 10.2 Å². The Labute approximate surface area is 203 Å². The van der Waals surface area contributed by atoms with Crippen molar-refractivity contribution in [2.75, 3.05) is 37.4 Å². The summed E-state index contributed by atoms with van der Waals surface area (Å²) >= 11 is 1.40. The first-order valence-electron chi connectivity index (χ1n) is 10.7. The van der Waals surface area contributed by atoms with Gasteiger partial charge in [-0.1, -0.05) is 23.9 Å². The average Bonchev–Trinajstić information content (AvgIpc) is 2.82. The first-order valence-corrected chi connectivity index (χ1v) is 13.1. The van der Waals surface area contributed by atoms with Crippen LogP contribution in [0.1, 0.15) is 17.7 Å². The third kappa shape index (κ3) is 5.75. The van der Waals surface area contributed by atoms with E-state index in [2.05, 4.69) is 19.9 Å². The van der Waals surface area contributed by atoms with Crippen molar-refractivity contribution in [1.82, 2.24) is 24.2 Å². The summed E-state index contributed by atoms with van der Waals surface area (Å²) in [5, 5.41) is 0.428. The summed E-state index contributed by atoms with van der Waals surface area (Å²) in [4.78, 5) is 17.3. The lowest BCUT2D eigenvalue weighted by Gasteiger charge is -2.35. The zero-order chi connectivity index (χ0) is 24.0. The number of rotatable bonds is 11. The molecule has 0 unspecified atom stereocenters. The summed E-state index contributed by atoms with van der Waals surface area (Å²) in [7, 11) is -0.687. The van der Waals surface area contributed by atoms with E-state index in [0.717, 1.165) is 17.7 Å². The molecule has 0 spiro atoms. The monoisotopic (exact) mass is 502 g/mol. The number of nitrogens with zero attached hydrogens (tertiary/aromatic N) is 6. The second kappa shape index (κ2) is 11.0. The Hall–Kier alpha value is -2.96. The number of anilines is 1. The number of benzene rings is 1. The molecule has 0 saturated carbocycles. The van der Waals surface area contributed by atoms with Crippen LogP contribution < -0.4 is 13.8 Å². The van der Waals surface area contributed by atoms with E-state index in [1.807, 2.05) is 12.1 Å². The topological polar surface area (TPSA) is 111 Å². The van der Waals surface area contributed by atoms with Crippen molar-refractivity contribution in [1.29, 1.82) is 0 Å². The fourth-order valence-electron chi connectivity index (χ4n) is 3.23. The molecule has 4 rings (SSSR count). The van der Waals surface area contributed by atoms with Crippen molar-refractivity contribution < 1.29 is 17.9 Å². The molecule has 12 heteroatoms. The standard InChI is InChI=1S/C22H26N6O4S2/c1-31-19-6-4-17(5-7-19)16-28(34(29,30)27-11-3-12-27)20-14-21(32-2)26-22(25-20)33-13-8-18-15-23-9-10-24-18/h4-7,9-10,14-15H,3,8,11-13,16H2,1-2H3. The minimum atomic E-state index is -3.77. The third-order valence-corrected chi connectivity index (χ3v) is 7.98. The Morgan fingerprint density at radius 2 is 1.88 bits per heavy atom. The number of ether oxygens (including phenoxy) is 2. The highest BCUT2D eigenvalue weighted by Gasteiger charge is 2.35. The summed E-state index contributed by atoms with van der Waals surface area (Å²) in [6.07, 6.45) is 6.51. The van der Waals surface area contributed by atoms with Gasteiger partial charge in [0.15, 0.2) is 11.0 Å².